The van der Waals surface area contributed by atoms with Gasteiger partial charge in [0, 0.05) is 7.11 Å². The normalized spacial score (nSPS) is 23.2. The average Bonchev–Trinajstić information content (AvgIpc) is 2.30. The van der Waals surface area contributed by atoms with Gasteiger partial charge in [-0.1, -0.05) is 12.1 Å². The molecule has 0 bridgehead atoms. The molecule has 1 aliphatic rings. The predicted molar refractivity (Wildman–Crippen MR) is 68.3 cm³/mol. The number of methoxy groups -OCH3 is 1. The van der Waals surface area contributed by atoms with Gasteiger partial charge >= 0.3 is 0 Å². The first-order valence-electron chi connectivity index (χ1n) is 6.25. The van der Waals surface area contributed by atoms with Crippen LogP contribution in [0.1, 0.15) is 24.3 Å². The molecule has 0 aliphatic heterocycles. The third kappa shape index (κ3) is 3.20. The second kappa shape index (κ2) is 6.03. The number of ether oxygens (including phenoxy) is 2. The van der Waals surface area contributed by atoms with Crippen molar-refractivity contribution >= 4 is 0 Å². The van der Waals surface area contributed by atoms with Crippen LogP contribution in [0.15, 0.2) is 24.3 Å². The van der Waals surface area contributed by atoms with E-state index in [0.29, 0.717) is 19.1 Å². The molecule has 0 atom stereocenters. The van der Waals surface area contributed by atoms with Crippen LogP contribution < -0.4 is 10.5 Å². The zero-order valence-electron chi connectivity index (χ0n) is 10.4. The lowest BCUT2D eigenvalue weighted by molar-refractivity contribution is 0.146. The molecule has 2 rings (SSSR count). The Kier molecular flexibility index (Phi) is 4.40. The summed E-state index contributed by atoms with van der Waals surface area (Å²) in [5.74, 6) is 2.36. The lowest BCUT2D eigenvalue weighted by Crippen LogP contribution is -2.28. The number of rotatable bonds is 6. The summed E-state index contributed by atoms with van der Waals surface area (Å²) in [5.41, 5.74) is 7.05. The van der Waals surface area contributed by atoms with E-state index in [0.717, 1.165) is 18.2 Å². The summed E-state index contributed by atoms with van der Waals surface area (Å²) in [6.45, 7) is 2.06. The molecule has 0 aromatic heterocycles. The largest absolute Gasteiger partial charge is 0.491 e. The average molecular weight is 235 g/mol. The molecule has 0 heterocycles. The third-order valence-corrected chi connectivity index (χ3v) is 3.48. The van der Waals surface area contributed by atoms with Gasteiger partial charge in [-0.25, -0.2) is 0 Å². The van der Waals surface area contributed by atoms with Crippen LogP contribution in [-0.4, -0.2) is 26.9 Å². The number of nitrogens with two attached hydrogens (primary N) is 1. The number of hydrogen-bond acceptors (Lipinski definition) is 3. The van der Waals surface area contributed by atoms with Crippen LogP contribution in [0.4, 0.5) is 0 Å². The Labute approximate surface area is 103 Å². The van der Waals surface area contributed by atoms with E-state index in [1.165, 1.54) is 18.4 Å². The summed E-state index contributed by atoms with van der Waals surface area (Å²) in [6, 6.07) is 8.42. The van der Waals surface area contributed by atoms with Crippen LogP contribution in [0, 0.1) is 5.92 Å². The molecule has 1 fully saturated rings. The summed E-state index contributed by atoms with van der Waals surface area (Å²) in [4.78, 5) is 0. The fourth-order valence-electron chi connectivity index (χ4n) is 2.28. The Balaban J connectivity index is 1.82. The van der Waals surface area contributed by atoms with E-state index in [9.17, 15) is 0 Å². The minimum Gasteiger partial charge on any atom is -0.491 e. The van der Waals surface area contributed by atoms with Crippen molar-refractivity contribution in [1.29, 1.82) is 0 Å². The molecule has 1 aromatic rings. The molecule has 1 aliphatic carbocycles. The van der Waals surface area contributed by atoms with Crippen molar-refractivity contribution in [2.75, 3.05) is 26.9 Å². The standard InChI is InChI=1S/C14H21NO2/c1-16-6-7-17-14-4-2-12(3-5-14)13-8-11(9-13)10-15/h2-5,11,13H,6-10,15H2,1H3. The van der Waals surface area contributed by atoms with Gasteiger partial charge in [-0.2, -0.15) is 0 Å². The highest BCUT2D eigenvalue weighted by molar-refractivity contribution is 5.30. The Morgan fingerprint density at radius 3 is 2.47 bits per heavy atom. The van der Waals surface area contributed by atoms with Gasteiger partial charge in [0.1, 0.15) is 12.4 Å². The molecule has 17 heavy (non-hydrogen) atoms. The summed E-state index contributed by atoms with van der Waals surface area (Å²) < 4.78 is 10.5. The molecule has 0 amide bonds. The van der Waals surface area contributed by atoms with Crippen LogP contribution >= 0.6 is 0 Å². The van der Waals surface area contributed by atoms with E-state index in [1.54, 1.807) is 7.11 Å². The van der Waals surface area contributed by atoms with Gasteiger partial charge in [0.15, 0.2) is 0 Å². The summed E-state index contributed by atoms with van der Waals surface area (Å²) >= 11 is 0. The molecule has 0 radical (unpaired) electrons. The van der Waals surface area contributed by atoms with Crippen molar-refractivity contribution < 1.29 is 9.47 Å². The highest BCUT2D eigenvalue weighted by Gasteiger charge is 2.28. The van der Waals surface area contributed by atoms with Crippen LogP contribution in [0.25, 0.3) is 0 Å². The number of hydrogen-bond donors (Lipinski definition) is 1. The molecule has 1 aromatic carbocycles. The Hall–Kier alpha value is -1.06. The molecule has 1 saturated carbocycles. The fraction of sp³-hybridized carbons (Fsp3) is 0.571. The first-order chi connectivity index (χ1) is 8.33. The zero-order valence-corrected chi connectivity index (χ0v) is 10.4. The van der Waals surface area contributed by atoms with Crippen molar-refractivity contribution in [1.82, 2.24) is 0 Å². The summed E-state index contributed by atoms with van der Waals surface area (Å²) in [7, 11) is 1.68. The van der Waals surface area contributed by atoms with Gasteiger partial charge in [0.05, 0.1) is 6.61 Å². The Morgan fingerprint density at radius 2 is 1.88 bits per heavy atom. The van der Waals surface area contributed by atoms with Crippen molar-refractivity contribution in [3.05, 3.63) is 29.8 Å². The van der Waals surface area contributed by atoms with Crippen molar-refractivity contribution in [3.8, 4) is 5.75 Å². The van der Waals surface area contributed by atoms with Gasteiger partial charge in [-0.3, -0.25) is 0 Å². The third-order valence-electron chi connectivity index (χ3n) is 3.48. The van der Waals surface area contributed by atoms with E-state index < -0.39 is 0 Å². The second-order valence-corrected chi connectivity index (χ2v) is 4.68. The SMILES string of the molecule is COCCOc1ccc(C2CC(CN)C2)cc1. The molecule has 0 saturated heterocycles. The zero-order chi connectivity index (χ0) is 12.1. The topological polar surface area (TPSA) is 44.5 Å². The fourth-order valence-corrected chi connectivity index (χ4v) is 2.28. The van der Waals surface area contributed by atoms with Crippen molar-refractivity contribution in [2.45, 2.75) is 18.8 Å². The van der Waals surface area contributed by atoms with Gasteiger partial charge < -0.3 is 15.2 Å². The maximum absolute atomic E-state index is 5.63. The molecule has 0 spiro atoms. The molecular weight excluding hydrogens is 214 g/mol. The Bertz CT molecular complexity index is 331. The minimum absolute atomic E-state index is 0.606. The maximum Gasteiger partial charge on any atom is 0.119 e. The molecule has 2 N–H and O–H groups in total. The van der Waals surface area contributed by atoms with E-state index in [2.05, 4.69) is 12.1 Å². The van der Waals surface area contributed by atoms with Gasteiger partial charge in [0.25, 0.3) is 0 Å². The van der Waals surface area contributed by atoms with E-state index >= 15 is 0 Å². The first-order valence-corrected chi connectivity index (χ1v) is 6.25. The summed E-state index contributed by atoms with van der Waals surface area (Å²) in [6.07, 6.45) is 2.47. The first kappa shape index (κ1) is 12.4. The lowest BCUT2D eigenvalue weighted by atomic mass is 9.71. The molecular formula is C14H21NO2. The summed E-state index contributed by atoms with van der Waals surface area (Å²) in [5, 5.41) is 0. The van der Waals surface area contributed by atoms with Gasteiger partial charge in [-0.15, -0.1) is 0 Å². The molecule has 94 valence electrons. The van der Waals surface area contributed by atoms with Crippen LogP contribution in [0.3, 0.4) is 0 Å². The van der Waals surface area contributed by atoms with Crippen molar-refractivity contribution in [3.63, 3.8) is 0 Å². The lowest BCUT2D eigenvalue weighted by Gasteiger charge is -2.34. The highest BCUT2D eigenvalue weighted by atomic mass is 16.5. The van der Waals surface area contributed by atoms with Gasteiger partial charge in [0.2, 0.25) is 0 Å². The smallest absolute Gasteiger partial charge is 0.119 e. The van der Waals surface area contributed by atoms with E-state index in [4.69, 9.17) is 15.2 Å². The highest BCUT2D eigenvalue weighted by Crippen LogP contribution is 2.41. The maximum atomic E-state index is 5.63. The van der Waals surface area contributed by atoms with E-state index in [1.807, 2.05) is 12.1 Å². The second-order valence-electron chi connectivity index (χ2n) is 4.68. The monoisotopic (exact) mass is 235 g/mol. The quantitative estimate of drug-likeness (QED) is 0.768. The van der Waals surface area contributed by atoms with Crippen LogP contribution in [0.2, 0.25) is 0 Å². The van der Waals surface area contributed by atoms with Gasteiger partial charge in [-0.05, 0) is 48.9 Å². The van der Waals surface area contributed by atoms with Crippen LogP contribution in [0.5, 0.6) is 5.75 Å². The molecule has 3 nitrogen and oxygen atoms in total. The Morgan fingerprint density at radius 1 is 1.18 bits per heavy atom. The van der Waals surface area contributed by atoms with Crippen molar-refractivity contribution in [2.24, 2.45) is 11.7 Å². The number of benzene rings is 1. The van der Waals surface area contributed by atoms with E-state index in [-0.39, 0.29) is 0 Å². The molecule has 3 heteroatoms. The molecule has 0 unspecified atom stereocenters. The predicted octanol–water partition coefficient (Wildman–Crippen LogP) is 2.16. The van der Waals surface area contributed by atoms with Crippen LogP contribution in [-0.2, 0) is 4.74 Å². The minimum atomic E-state index is 0.606.